The molecule has 0 spiro atoms. The van der Waals surface area contributed by atoms with Gasteiger partial charge in [-0.15, -0.1) is 0 Å². The molecule has 0 radical (unpaired) electrons. The Labute approximate surface area is 137 Å². The second-order valence-corrected chi connectivity index (χ2v) is 5.13. The van der Waals surface area contributed by atoms with Crippen molar-refractivity contribution < 1.29 is 9.53 Å². The standard InChI is InChI=1S/C14H14Cl2N4O2/c1-22-5-4-17-14(21)12-7-19-13(8-18-12)20-11-6-9(15)2-3-10(11)16/h2-3,6-8H,4-5H2,1H3,(H,17,21)(H,19,20). The lowest BCUT2D eigenvalue weighted by Gasteiger charge is -2.08. The highest BCUT2D eigenvalue weighted by molar-refractivity contribution is 6.35. The Hall–Kier alpha value is -1.89. The van der Waals surface area contributed by atoms with Crippen LogP contribution in [0.2, 0.25) is 10.0 Å². The van der Waals surface area contributed by atoms with Gasteiger partial charge >= 0.3 is 0 Å². The molecule has 22 heavy (non-hydrogen) atoms. The van der Waals surface area contributed by atoms with Crippen molar-refractivity contribution in [1.82, 2.24) is 15.3 Å². The molecule has 0 fully saturated rings. The monoisotopic (exact) mass is 340 g/mol. The van der Waals surface area contributed by atoms with E-state index in [-0.39, 0.29) is 11.6 Å². The van der Waals surface area contributed by atoms with Gasteiger partial charge in [-0.05, 0) is 18.2 Å². The zero-order chi connectivity index (χ0) is 15.9. The number of carbonyl (C=O) groups excluding carboxylic acids is 1. The van der Waals surface area contributed by atoms with Crippen LogP contribution in [0.3, 0.4) is 0 Å². The third-order valence-electron chi connectivity index (χ3n) is 2.67. The summed E-state index contributed by atoms with van der Waals surface area (Å²) < 4.78 is 4.85. The number of amides is 1. The lowest BCUT2D eigenvalue weighted by Crippen LogP contribution is -2.27. The van der Waals surface area contributed by atoms with Crippen LogP contribution in [0.4, 0.5) is 11.5 Å². The van der Waals surface area contributed by atoms with Gasteiger partial charge in [0, 0.05) is 18.7 Å². The van der Waals surface area contributed by atoms with Crippen molar-refractivity contribution in [1.29, 1.82) is 0 Å². The SMILES string of the molecule is COCCNC(=O)c1cnc(Nc2cc(Cl)ccc2Cl)cn1. The predicted octanol–water partition coefficient (Wildman–Crippen LogP) is 2.90. The van der Waals surface area contributed by atoms with E-state index in [0.717, 1.165) is 0 Å². The lowest BCUT2D eigenvalue weighted by molar-refractivity contribution is 0.0932. The summed E-state index contributed by atoms with van der Waals surface area (Å²) in [4.78, 5) is 19.9. The van der Waals surface area contributed by atoms with Crippen molar-refractivity contribution in [3.05, 3.63) is 46.3 Å². The molecule has 1 aromatic carbocycles. The Balaban J connectivity index is 2.02. The molecule has 0 aliphatic carbocycles. The minimum absolute atomic E-state index is 0.221. The topological polar surface area (TPSA) is 76.1 Å². The number of carbonyl (C=O) groups is 1. The maximum atomic E-state index is 11.8. The molecule has 0 aliphatic heterocycles. The van der Waals surface area contributed by atoms with Gasteiger partial charge in [-0.2, -0.15) is 0 Å². The highest BCUT2D eigenvalue weighted by Gasteiger charge is 2.08. The Kier molecular flexibility index (Phi) is 5.94. The van der Waals surface area contributed by atoms with E-state index in [1.807, 2.05) is 0 Å². The molecular formula is C14H14Cl2N4O2. The molecule has 0 bridgehead atoms. The van der Waals surface area contributed by atoms with Crippen LogP contribution in [-0.2, 0) is 4.74 Å². The minimum atomic E-state index is -0.308. The van der Waals surface area contributed by atoms with Crippen molar-refractivity contribution >= 4 is 40.6 Å². The molecule has 0 unspecified atom stereocenters. The van der Waals surface area contributed by atoms with E-state index in [1.54, 1.807) is 25.3 Å². The summed E-state index contributed by atoms with van der Waals surface area (Å²) in [7, 11) is 1.56. The summed E-state index contributed by atoms with van der Waals surface area (Å²) in [5.74, 6) is 0.148. The van der Waals surface area contributed by atoms with Crippen molar-refractivity contribution in [3.63, 3.8) is 0 Å². The Morgan fingerprint density at radius 3 is 2.77 bits per heavy atom. The van der Waals surface area contributed by atoms with Crippen LogP contribution in [0.5, 0.6) is 0 Å². The van der Waals surface area contributed by atoms with E-state index in [0.29, 0.717) is 34.7 Å². The molecule has 2 N–H and O–H groups in total. The molecule has 0 atom stereocenters. The molecular weight excluding hydrogens is 327 g/mol. The summed E-state index contributed by atoms with van der Waals surface area (Å²) >= 11 is 12.0. The molecule has 8 heteroatoms. The average Bonchev–Trinajstić information content (AvgIpc) is 2.52. The fourth-order valence-electron chi connectivity index (χ4n) is 1.60. The van der Waals surface area contributed by atoms with Crippen molar-refractivity contribution in [2.75, 3.05) is 25.6 Å². The smallest absolute Gasteiger partial charge is 0.271 e. The van der Waals surface area contributed by atoms with Gasteiger partial charge in [0.05, 0.1) is 29.7 Å². The summed E-state index contributed by atoms with van der Waals surface area (Å²) in [6.07, 6.45) is 2.82. The van der Waals surface area contributed by atoms with Gasteiger partial charge in [0.1, 0.15) is 11.5 Å². The first-order chi connectivity index (χ1) is 10.6. The maximum absolute atomic E-state index is 11.8. The number of halogens is 2. The van der Waals surface area contributed by atoms with Gasteiger partial charge in [-0.25, -0.2) is 9.97 Å². The van der Waals surface area contributed by atoms with Crippen molar-refractivity contribution in [2.24, 2.45) is 0 Å². The number of nitrogens with zero attached hydrogens (tertiary/aromatic N) is 2. The van der Waals surface area contributed by atoms with Gasteiger partial charge in [-0.3, -0.25) is 4.79 Å². The van der Waals surface area contributed by atoms with Crippen molar-refractivity contribution in [3.8, 4) is 0 Å². The maximum Gasteiger partial charge on any atom is 0.271 e. The van der Waals surface area contributed by atoms with E-state index >= 15 is 0 Å². The molecule has 0 saturated carbocycles. The van der Waals surface area contributed by atoms with Crippen LogP contribution in [0.25, 0.3) is 0 Å². The summed E-state index contributed by atoms with van der Waals surface area (Å²) in [6, 6.07) is 5.04. The zero-order valence-electron chi connectivity index (χ0n) is 11.8. The largest absolute Gasteiger partial charge is 0.383 e. The fraction of sp³-hybridized carbons (Fsp3) is 0.214. The Morgan fingerprint density at radius 1 is 1.27 bits per heavy atom. The molecule has 2 aromatic rings. The number of aromatic nitrogens is 2. The quantitative estimate of drug-likeness (QED) is 0.790. The fourth-order valence-corrected chi connectivity index (χ4v) is 1.94. The van der Waals surface area contributed by atoms with Gasteiger partial charge in [0.25, 0.3) is 5.91 Å². The van der Waals surface area contributed by atoms with Gasteiger partial charge in [0.2, 0.25) is 0 Å². The number of rotatable bonds is 6. The molecule has 6 nitrogen and oxygen atoms in total. The number of hydrogen-bond acceptors (Lipinski definition) is 5. The molecule has 116 valence electrons. The molecule has 1 amide bonds. The average molecular weight is 341 g/mol. The summed E-state index contributed by atoms with van der Waals surface area (Å²) in [6.45, 7) is 0.848. The second-order valence-electron chi connectivity index (χ2n) is 4.28. The number of nitrogens with one attached hydrogen (secondary N) is 2. The first kappa shape index (κ1) is 16.5. The first-order valence-electron chi connectivity index (χ1n) is 6.41. The molecule has 0 saturated heterocycles. The molecule has 1 aromatic heterocycles. The number of ether oxygens (including phenoxy) is 1. The highest BCUT2D eigenvalue weighted by atomic mass is 35.5. The van der Waals surface area contributed by atoms with Gasteiger partial charge < -0.3 is 15.4 Å². The van der Waals surface area contributed by atoms with E-state index in [1.165, 1.54) is 12.4 Å². The zero-order valence-corrected chi connectivity index (χ0v) is 13.3. The first-order valence-corrected chi connectivity index (χ1v) is 7.17. The summed E-state index contributed by atoms with van der Waals surface area (Å²) in [5, 5.41) is 6.71. The highest BCUT2D eigenvalue weighted by Crippen LogP contribution is 2.27. The van der Waals surface area contributed by atoms with Gasteiger partial charge in [0.15, 0.2) is 0 Å². The normalized spacial score (nSPS) is 10.3. The van der Waals surface area contributed by atoms with Crippen LogP contribution in [0.15, 0.2) is 30.6 Å². The lowest BCUT2D eigenvalue weighted by atomic mass is 10.3. The van der Waals surface area contributed by atoms with E-state index in [2.05, 4.69) is 20.6 Å². The van der Waals surface area contributed by atoms with Crippen molar-refractivity contribution in [2.45, 2.75) is 0 Å². The van der Waals surface area contributed by atoms with Crippen LogP contribution in [0, 0.1) is 0 Å². The molecule has 0 aliphatic rings. The Bertz CT molecular complexity index is 650. The number of methoxy groups -OCH3 is 1. The van der Waals surface area contributed by atoms with Crippen LogP contribution < -0.4 is 10.6 Å². The summed E-state index contributed by atoms with van der Waals surface area (Å²) in [5.41, 5.74) is 0.833. The van der Waals surface area contributed by atoms with Crippen LogP contribution >= 0.6 is 23.2 Å². The van der Waals surface area contributed by atoms with Gasteiger partial charge in [-0.1, -0.05) is 23.2 Å². The van der Waals surface area contributed by atoms with E-state index in [9.17, 15) is 4.79 Å². The number of benzene rings is 1. The second kappa shape index (κ2) is 7.93. The Morgan fingerprint density at radius 2 is 2.09 bits per heavy atom. The third-order valence-corrected chi connectivity index (χ3v) is 3.23. The minimum Gasteiger partial charge on any atom is -0.383 e. The third kappa shape index (κ3) is 4.56. The van der Waals surface area contributed by atoms with E-state index in [4.69, 9.17) is 27.9 Å². The number of anilines is 2. The number of hydrogen-bond donors (Lipinski definition) is 2. The van der Waals surface area contributed by atoms with E-state index < -0.39 is 0 Å². The van der Waals surface area contributed by atoms with Crippen LogP contribution in [-0.4, -0.2) is 36.1 Å². The van der Waals surface area contributed by atoms with Crippen LogP contribution in [0.1, 0.15) is 10.5 Å². The molecule has 1 heterocycles. The molecule has 2 rings (SSSR count). The predicted molar refractivity (Wildman–Crippen MR) is 86.0 cm³/mol.